The van der Waals surface area contributed by atoms with E-state index in [-0.39, 0.29) is 0 Å². The third-order valence-corrected chi connectivity index (χ3v) is 4.19. The summed E-state index contributed by atoms with van der Waals surface area (Å²) in [7, 11) is 0. The molecule has 0 spiro atoms. The van der Waals surface area contributed by atoms with Crippen molar-refractivity contribution in [3.05, 3.63) is 40.9 Å². The quantitative estimate of drug-likeness (QED) is 0.792. The molecule has 0 bridgehead atoms. The molecule has 96 valence electrons. The Hall–Kier alpha value is -1.02. The van der Waals surface area contributed by atoms with E-state index < -0.39 is 0 Å². The topological polar surface area (TPSA) is 12.0 Å². The van der Waals surface area contributed by atoms with Gasteiger partial charge in [0.1, 0.15) is 0 Å². The molecule has 0 saturated heterocycles. The van der Waals surface area contributed by atoms with Gasteiger partial charge in [0.25, 0.3) is 0 Å². The molecular formula is C16H20BrN. The summed E-state index contributed by atoms with van der Waals surface area (Å²) < 4.78 is 1.13. The van der Waals surface area contributed by atoms with Gasteiger partial charge in [-0.25, -0.2) is 0 Å². The second kappa shape index (κ2) is 5.75. The van der Waals surface area contributed by atoms with Gasteiger partial charge in [-0.05, 0) is 47.9 Å². The van der Waals surface area contributed by atoms with Crippen molar-refractivity contribution >= 4 is 32.4 Å². The summed E-state index contributed by atoms with van der Waals surface area (Å²) in [5, 5.41) is 6.13. The van der Waals surface area contributed by atoms with Crippen molar-refractivity contribution in [2.75, 3.05) is 5.32 Å². The lowest BCUT2D eigenvalue weighted by Gasteiger charge is -2.21. The van der Waals surface area contributed by atoms with E-state index in [1.165, 1.54) is 22.9 Å². The first kappa shape index (κ1) is 13.4. The van der Waals surface area contributed by atoms with Crippen molar-refractivity contribution in [2.45, 2.75) is 33.2 Å². The van der Waals surface area contributed by atoms with Gasteiger partial charge >= 0.3 is 0 Å². The molecule has 2 aromatic rings. The van der Waals surface area contributed by atoms with Gasteiger partial charge < -0.3 is 5.32 Å². The predicted octanol–water partition coefficient (Wildman–Crippen LogP) is 5.45. The molecule has 0 fully saturated rings. The van der Waals surface area contributed by atoms with Crippen molar-refractivity contribution in [3.63, 3.8) is 0 Å². The van der Waals surface area contributed by atoms with Crippen LogP contribution in [0.25, 0.3) is 10.8 Å². The fourth-order valence-corrected chi connectivity index (χ4v) is 2.44. The Labute approximate surface area is 118 Å². The molecule has 0 aliphatic heterocycles. The Balaban J connectivity index is 2.22. The molecule has 2 unspecified atom stereocenters. The molecule has 0 aromatic heterocycles. The molecule has 1 nitrogen and oxygen atoms in total. The number of fused-ring (bicyclic) bond motifs is 1. The fourth-order valence-electron chi connectivity index (χ4n) is 2.07. The second-order valence-corrected chi connectivity index (χ2v) is 5.94. The highest BCUT2D eigenvalue weighted by atomic mass is 79.9. The van der Waals surface area contributed by atoms with Gasteiger partial charge in [-0.3, -0.25) is 0 Å². The van der Waals surface area contributed by atoms with Crippen molar-refractivity contribution in [1.82, 2.24) is 0 Å². The fraction of sp³-hybridized carbons (Fsp3) is 0.375. The lowest BCUT2D eigenvalue weighted by Crippen LogP contribution is -2.23. The van der Waals surface area contributed by atoms with Gasteiger partial charge in [-0.15, -0.1) is 0 Å². The van der Waals surface area contributed by atoms with Crippen LogP contribution in [0.1, 0.15) is 27.2 Å². The monoisotopic (exact) mass is 305 g/mol. The molecule has 18 heavy (non-hydrogen) atoms. The standard InChI is InChI=1S/C16H20BrN/c1-4-11(2)12(3)18-16-8-6-13-9-15(17)7-5-14(13)10-16/h5-12,18H,4H2,1-3H3. The maximum Gasteiger partial charge on any atom is 0.0348 e. The molecule has 1 N–H and O–H groups in total. The van der Waals surface area contributed by atoms with E-state index in [9.17, 15) is 0 Å². The maximum atomic E-state index is 3.59. The van der Waals surface area contributed by atoms with E-state index in [4.69, 9.17) is 0 Å². The van der Waals surface area contributed by atoms with Crippen molar-refractivity contribution in [3.8, 4) is 0 Å². The lowest BCUT2D eigenvalue weighted by atomic mass is 10.0. The number of hydrogen-bond donors (Lipinski definition) is 1. The van der Waals surface area contributed by atoms with Crippen LogP contribution >= 0.6 is 15.9 Å². The van der Waals surface area contributed by atoms with Gasteiger partial charge in [0.05, 0.1) is 0 Å². The van der Waals surface area contributed by atoms with Crippen molar-refractivity contribution in [1.29, 1.82) is 0 Å². The van der Waals surface area contributed by atoms with Crippen LogP contribution in [-0.4, -0.2) is 6.04 Å². The zero-order valence-electron chi connectivity index (χ0n) is 11.2. The number of benzene rings is 2. The van der Waals surface area contributed by atoms with Gasteiger partial charge in [0.2, 0.25) is 0 Å². The number of rotatable bonds is 4. The number of nitrogens with one attached hydrogen (secondary N) is 1. The Bertz CT molecular complexity index is 536. The molecule has 0 amide bonds. The number of anilines is 1. The third kappa shape index (κ3) is 3.05. The molecule has 0 aliphatic carbocycles. The van der Waals surface area contributed by atoms with E-state index in [1.54, 1.807) is 0 Å². The molecule has 0 heterocycles. The summed E-state index contributed by atoms with van der Waals surface area (Å²) in [6, 6.07) is 13.4. The van der Waals surface area contributed by atoms with Gasteiger partial charge in [0, 0.05) is 16.2 Å². The lowest BCUT2D eigenvalue weighted by molar-refractivity contribution is 0.495. The minimum atomic E-state index is 0.503. The molecule has 0 radical (unpaired) electrons. The number of halogens is 1. The van der Waals surface area contributed by atoms with Crippen LogP contribution in [0.3, 0.4) is 0 Å². The second-order valence-electron chi connectivity index (χ2n) is 5.02. The average Bonchev–Trinajstić information content (AvgIpc) is 2.38. The Morgan fingerprint density at radius 2 is 1.72 bits per heavy atom. The molecule has 2 heteroatoms. The van der Waals surface area contributed by atoms with E-state index in [2.05, 4.69) is 78.4 Å². The molecule has 2 aromatic carbocycles. The molecule has 2 rings (SSSR count). The van der Waals surface area contributed by atoms with Gasteiger partial charge in [-0.2, -0.15) is 0 Å². The van der Waals surface area contributed by atoms with Crippen LogP contribution in [0, 0.1) is 5.92 Å². The summed E-state index contributed by atoms with van der Waals surface area (Å²) >= 11 is 3.50. The van der Waals surface area contributed by atoms with Crippen LogP contribution < -0.4 is 5.32 Å². The zero-order valence-corrected chi connectivity index (χ0v) is 12.8. The largest absolute Gasteiger partial charge is 0.382 e. The van der Waals surface area contributed by atoms with Crippen molar-refractivity contribution < 1.29 is 0 Å². The molecule has 0 aliphatic rings. The van der Waals surface area contributed by atoms with Crippen LogP contribution in [0.4, 0.5) is 5.69 Å². The Morgan fingerprint density at radius 3 is 2.44 bits per heavy atom. The smallest absolute Gasteiger partial charge is 0.0348 e. The van der Waals surface area contributed by atoms with E-state index in [0.29, 0.717) is 12.0 Å². The number of hydrogen-bond acceptors (Lipinski definition) is 1. The minimum Gasteiger partial charge on any atom is -0.382 e. The third-order valence-electron chi connectivity index (χ3n) is 3.69. The highest BCUT2D eigenvalue weighted by molar-refractivity contribution is 9.10. The van der Waals surface area contributed by atoms with E-state index >= 15 is 0 Å². The van der Waals surface area contributed by atoms with Crippen LogP contribution in [0.2, 0.25) is 0 Å². The highest BCUT2D eigenvalue weighted by Gasteiger charge is 2.09. The highest BCUT2D eigenvalue weighted by Crippen LogP contribution is 2.24. The Morgan fingerprint density at radius 1 is 1.06 bits per heavy atom. The van der Waals surface area contributed by atoms with Gasteiger partial charge in [-0.1, -0.05) is 48.3 Å². The maximum absolute atomic E-state index is 3.59. The zero-order chi connectivity index (χ0) is 13.1. The SMILES string of the molecule is CCC(C)C(C)Nc1ccc2cc(Br)ccc2c1. The van der Waals surface area contributed by atoms with E-state index in [0.717, 1.165) is 4.47 Å². The van der Waals surface area contributed by atoms with Crippen LogP contribution in [0.5, 0.6) is 0 Å². The predicted molar refractivity (Wildman–Crippen MR) is 84.2 cm³/mol. The normalized spacial score (nSPS) is 14.4. The van der Waals surface area contributed by atoms with Crippen LogP contribution in [-0.2, 0) is 0 Å². The minimum absolute atomic E-state index is 0.503. The molecule has 2 atom stereocenters. The summed E-state index contributed by atoms with van der Waals surface area (Å²) in [5.41, 5.74) is 1.21. The summed E-state index contributed by atoms with van der Waals surface area (Å²) in [4.78, 5) is 0. The average molecular weight is 306 g/mol. The van der Waals surface area contributed by atoms with E-state index in [1.807, 2.05) is 0 Å². The first-order chi connectivity index (χ1) is 8.60. The first-order valence-electron chi connectivity index (χ1n) is 6.56. The molecular weight excluding hydrogens is 286 g/mol. The summed E-state index contributed by atoms with van der Waals surface area (Å²) in [6.45, 7) is 6.77. The van der Waals surface area contributed by atoms with Crippen molar-refractivity contribution in [2.24, 2.45) is 5.92 Å². The molecule has 0 saturated carbocycles. The summed E-state index contributed by atoms with van der Waals surface area (Å²) in [5.74, 6) is 0.686. The first-order valence-corrected chi connectivity index (χ1v) is 7.35. The summed E-state index contributed by atoms with van der Waals surface area (Å²) in [6.07, 6.45) is 1.20. The van der Waals surface area contributed by atoms with Crippen LogP contribution in [0.15, 0.2) is 40.9 Å². The van der Waals surface area contributed by atoms with Gasteiger partial charge in [0.15, 0.2) is 0 Å². The Kier molecular flexibility index (Phi) is 4.28.